The van der Waals surface area contributed by atoms with Crippen molar-refractivity contribution in [2.24, 2.45) is 13.0 Å². The van der Waals surface area contributed by atoms with Crippen LogP contribution >= 0.6 is 0 Å². The first-order chi connectivity index (χ1) is 13.3. The van der Waals surface area contributed by atoms with Crippen molar-refractivity contribution in [1.29, 1.82) is 0 Å². The number of carbonyl (C=O) groups is 1. The normalized spacial score (nSPS) is 23.9. The van der Waals surface area contributed by atoms with Crippen LogP contribution < -0.4 is 20.1 Å². The van der Waals surface area contributed by atoms with Gasteiger partial charge in [-0.2, -0.15) is 0 Å². The van der Waals surface area contributed by atoms with E-state index in [1.165, 1.54) is 10.8 Å². The van der Waals surface area contributed by atoms with Crippen molar-refractivity contribution in [3.8, 4) is 5.75 Å². The van der Waals surface area contributed by atoms with Crippen LogP contribution in [-0.2, 0) is 18.0 Å². The molecule has 1 saturated heterocycles. The van der Waals surface area contributed by atoms with Gasteiger partial charge in [-0.05, 0) is 0 Å². The molecule has 0 bridgehead atoms. The average molecular weight is 414 g/mol. The number of aryl methyl sites for hydroxylation is 1. The molecule has 150 valence electrons. The molecule has 2 aliphatic rings. The number of anilines is 1. The third-order valence-corrected chi connectivity index (χ3v) is 6.01. The van der Waals surface area contributed by atoms with Gasteiger partial charge in [0.25, 0.3) is 5.91 Å². The summed E-state index contributed by atoms with van der Waals surface area (Å²) in [6, 6.07) is 1.34. The molecule has 11 heteroatoms. The van der Waals surface area contributed by atoms with E-state index in [0.29, 0.717) is 36.7 Å². The van der Waals surface area contributed by atoms with Gasteiger partial charge in [-0.25, -0.2) is 22.1 Å². The molecule has 3 unspecified atom stereocenters. The lowest BCUT2D eigenvalue weighted by Gasteiger charge is -2.23. The summed E-state index contributed by atoms with van der Waals surface area (Å²) in [6.07, 6.45) is 1.50. The smallest absolute Gasteiger partial charge is 0.276 e. The molecule has 1 aromatic carbocycles. The van der Waals surface area contributed by atoms with Crippen LogP contribution in [0.3, 0.4) is 0 Å². The van der Waals surface area contributed by atoms with E-state index in [-0.39, 0.29) is 29.1 Å². The van der Waals surface area contributed by atoms with Gasteiger partial charge in [0.15, 0.2) is 28.9 Å². The highest BCUT2D eigenvalue weighted by Gasteiger charge is 2.35. The van der Waals surface area contributed by atoms with Gasteiger partial charge in [0, 0.05) is 56.1 Å². The Bertz CT molecular complexity index is 958. The molecule has 0 aliphatic carbocycles. The summed E-state index contributed by atoms with van der Waals surface area (Å²) in [7, 11) is -0.0385. The largest absolute Gasteiger partial charge is 0.489 e. The fourth-order valence-electron chi connectivity index (χ4n) is 3.37. The summed E-state index contributed by atoms with van der Waals surface area (Å²) in [4.78, 5) is 13.0. The Balaban J connectivity index is 1.65. The first-order valence-electron chi connectivity index (χ1n) is 8.52. The SMILES string of the molecule is Cn1cc2c(c1C(=O)Nc1cc(F)c(F)c(F)c1)OCC1CNCC1NS2=O. The molecule has 3 atom stereocenters. The summed E-state index contributed by atoms with van der Waals surface area (Å²) in [5, 5.41) is 5.52. The maximum Gasteiger partial charge on any atom is 0.276 e. The van der Waals surface area contributed by atoms with Gasteiger partial charge in [-0.15, -0.1) is 0 Å². The highest BCUT2D eigenvalue weighted by Crippen LogP contribution is 2.32. The summed E-state index contributed by atoms with van der Waals surface area (Å²) >= 11 is 0. The van der Waals surface area contributed by atoms with Crippen LogP contribution in [0.15, 0.2) is 23.2 Å². The lowest BCUT2D eigenvalue weighted by molar-refractivity contribution is 0.101. The maximum atomic E-state index is 13.4. The number of hydrogen-bond acceptors (Lipinski definition) is 4. The quantitative estimate of drug-likeness (QED) is 0.647. The molecule has 3 N–H and O–H groups in total. The zero-order valence-corrected chi connectivity index (χ0v) is 15.5. The number of amides is 1. The number of aromatic nitrogens is 1. The zero-order chi connectivity index (χ0) is 20.0. The van der Waals surface area contributed by atoms with E-state index in [0.717, 1.165) is 0 Å². The first kappa shape index (κ1) is 19.0. The van der Waals surface area contributed by atoms with Crippen molar-refractivity contribution in [1.82, 2.24) is 14.6 Å². The van der Waals surface area contributed by atoms with Crippen LogP contribution in [0, 0.1) is 23.4 Å². The molecule has 1 amide bonds. The molecule has 0 saturated carbocycles. The van der Waals surface area contributed by atoms with Gasteiger partial charge in [-0.1, -0.05) is 0 Å². The third-order valence-electron chi connectivity index (χ3n) is 4.80. The Morgan fingerprint density at radius 3 is 2.71 bits per heavy atom. The second-order valence-electron chi connectivity index (χ2n) is 6.71. The molecule has 2 aliphatic heterocycles. The minimum atomic E-state index is -1.62. The molecule has 7 nitrogen and oxygen atoms in total. The predicted octanol–water partition coefficient (Wildman–Crippen LogP) is 1.29. The zero-order valence-electron chi connectivity index (χ0n) is 14.7. The number of carbonyl (C=O) groups excluding carboxylic acids is 1. The lowest BCUT2D eigenvalue weighted by atomic mass is 10.1. The number of ether oxygens (including phenoxy) is 1. The summed E-state index contributed by atoms with van der Waals surface area (Å²) in [5.74, 6) is -4.97. The molecule has 0 radical (unpaired) electrons. The Morgan fingerprint density at radius 2 is 2.00 bits per heavy atom. The molecule has 28 heavy (non-hydrogen) atoms. The molecule has 0 spiro atoms. The second kappa shape index (κ2) is 7.22. The fraction of sp³-hybridized carbons (Fsp3) is 0.353. The topological polar surface area (TPSA) is 84.4 Å². The summed E-state index contributed by atoms with van der Waals surface area (Å²) in [5.41, 5.74) is -0.207. The average Bonchev–Trinajstić information content (AvgIpc) is 3.19. The van der Waals surface area contributed by atoms with Crippen molar-refractivity contribution < 1.29 is 26.9 Å². The Labute approximate surface area is 160 Å². The lowest BCUT2D eigenvalue weighted by Crippen LogP contribution is -2.41. The van der Waals surface area contributed by atoms with Crippen LogP contribution in [0.25, 0.3) is 0 Å². The number of rotatable bonds is 2. The number of fused-ring (bicyclic) bond motifs is 2. The van der Waals surface area contributed by atoms with Crippen molar-refractivity contribution >= 4 is 22.6 Å². The number of halogens is 3. The summed E-state index contributed by atoms with van der Waals surface area (Å²) in [6.45, 7) is 1.66. The Hall–Kier alpha value is -2.37. The van der Waals surface area contributed by atoms with E-state index in [1.54, 1.807) is 7.05 Å². The van der Waals surface area contributed by atoms with E-state index < -0.39 is 34.3 Å². The van der Waals surface area contributed by atoms with E-state index >= 15 is 0 Å². The van der Waals surface area contributed by atoms with Crippen LogP contribution in [0.1, 0.15) is 10.5 Å². The third kappa shape index (κ3) is 3.29. The van der Waals surface area contributed by atoms with Crippen LogP contribution in [0.4, 0.5) is 18.9 Å². The Kier molecular flexibility index (Phi) is 4.89. The monoisotopic (exact) mass is 414 g/mol. The maximum absolute atomic E-state index is 13.4. The first-order valence-corrected chi connectivity index (χ1v) is 9.66. The van der Waals surface area contributed by atoms with E-state index in [1.807, 2.05) is 0 Å². The predicted molar refractivity (Wildman–Crippen MR) is 94.9 cm³/mol. The van der Waals surface area contributed by atoms with E-state index in [9.17, 15) is 22.2 Å². The van der Waals surface area contributed by atoms with Gasteiger partial charge in [0.2, 0.25) is 0 Å². The highest BCUT2D eigenvalue weighted by molar-refractivity contribution is 7.83. The number of nitrogens with zero attached hydrogens (tertiary/aromatic N) is 1. The van der Waals surface area contributed by atoms with Gasteiger partial charge < -0.3 is 19.9 Å². The molecular formula is C17H17F3N4O3S. The molecule has 3 heterocycles. The van der Waals surface area contributed by atoms with E-state index in [2.05, 4.69) is 15.4 Å². The summed E-state index contributed by atoms with van der Waals surface area (Å²) < 4.78 is 62.9. The van der Waals surface area contributed by atoms with Gasteiger partial charge in [-0.3, -0.25) is 4.79 Å². The highest BCUT2D eigenvalue weighted by atomic mass is 32.2. The van der Waals surface area contributed by atoms with Crippen LogP contribution in [-0.4, -0.2) is 40.4 Å². The Morgan fingerprint density at radius 1 is 1.29 bits per heavy atom. The van der Waals surface area contributed by atoms with Crippen LogP contribution in [0.5, 0.6) is 5.75 Å². The number of benzene rings is 1. The van der Waals surface area contributed by atoms with Crippen molar-refractivity contribution in [3.63, 3.8) is 0 Å². The van der Waals surface area contributed by atoms with Crippen molar-refractivity contribution in [2.45, 2.75) is 10.9 Å². The molecule has 1 fully saturated rings. The van der Waals surface area contributed by atoms with E-state index in [4.69, 9.17) is 4.74 Å². The minimum absolute atomic E-state index is 0.0170. The molecule has 4 rings (SSSR count). The van der Waals surface area contributed by atoms with Gasteiger partial charge in [0.05, 0.1) is 6.61 Å². The standard InChI is InChI=1S/C17H17F3N4O3S/c1-24-6-13-16(27-7-8-4-21-5-12(8)23-28(13)26)15(24)17(25)22-9-2-10(18)14(20)11(19)3-9/h2-3,6,8,12,21,23H,4-5,7H2,1H3,(H,22,25). The fourth-order valence-corrected chi connectivity index (χ4v) is 4.62. The number of nitrogens with one attached hydrogen (secondary N) is 3. The van der Waals surface area contributed by atoms with Crippen molar-refractivity contribution in [3.05, 3.63) is 41.5 Å². The molecule has 1 aromatic heterocycles. The van der Waals surface area contributed by atoms with Gasteiger partial charge >= 0.3 is 0 Å². The minimum Gasteiger partial charge on any atom is -0.489 e. The molecule has 2 aromatic rings. The van der Waals surface area contributed by atoms with Crippen LogP contribution in [0.2, 0.25) is 0 Å². The van der Waals surface area contributed by atoms with Crippen molar-refractivity contribution in [2.75, 3.05) is 25.0 Å². The number of hydrogen-bond donors (Lipinski definition) is 3. The van der Waals surface area contributed by atoms with Gasteiger partial charge in [0.1, 0.15) is 15.9 Å². The second-order valence-corrected chi connectivity index (χ2v) is 7.93. The molecular weight excluding hydrogens is 397 g/mol.